The van der Waals surface area contributed by atoms with Crippen molar-refractivity contribution in [2.24, 2.45) is 0 Å². The van der Waals surface area contributed by atoms with Gasteiger partial charge in [0.05, 0.1) is 0 Å². The Morgan fingerprint density at radius 3 is 2.00 bits per heavy atom. The quantitative estimate of drug-likeness (QED) is 0.783. The van der Waals surface area contributed by atoms with Gasteiger partial charge in [-0.25, -0.2) is 0 Å². The molecule has 1 aromatic rings. The van der Waals surface area contributed by atoms with E-state index in [-0.39, 0.29) is 12.4 Å². The van der Waals surface area contributed by atoms with Crippen molar-refractivity contribution in [1.82, 2.24) is 0 Å². The fourth-order valence-corrected chi connectivity index (χ4v) is 1.13. The molecule has 2 heteroatoms. The normalized spacial score (nSPS) is 9.53. The fourth-order valence-electron chi connectivity index (χ4n) is 1.13. The van der Waals surface area contributed by atoms with Crippen molar-refractivity contribution in [2.75, 3.05) is 6.61 Å². The minimum atomic E-state index is 0.0398. The molecular weight excluding hydrogens is 212 g/mol. The predicted molar refractivity (Wildman–Crippen MR) is 72.7 cm³/mol. The zero-order valence-electron chi connectivity index (χ0n) is 11.6. The average molecular weight is 236 g/mol. The van der Waals surface area contributed by atoms with Gasteiger partial charge in [0.2, 0.25) is 0 Å². The van der Waals surface area contributed by atoms with Crippen molar-refractivity contribution in [1.29, 1.82) is 0 Å². The first-order valence-corrected chi connectivity index (χ1v) is 6.23. The second-order valence-corrected chi connectivity index (χ2v) is 4.42. The molecule has 0 N–H and O–H groups in total. The predicted octanol–water partition coefficient (Wildman–Crippen LogP) is 4.19. The summed E-state index contributed by atoms with van der Waals surface area (Å²) in [5.41, 5.74) is 1.28. The number of carbonyl (C=O) groups is 1. The first-order valence-electron chi connectivity index (χ1n) is 6.23. The van der Waals surface area contributed by atoms with Crippen LogP contribution in [0.2, 0.25) is 0 Å². The molecule has 0 aliphatic carbocycles. The summed E-state index contributed by atoms with van der Waals surface area (Å²) >= 11 is 0. The van der Waals surface area contributed by atoms with Crippen molar-refractivity contribution >= 4 is 5.78 Å². The zero-order valence-corrected chi connectivity index (χ0v) is 11.6. The van der Waals surface area contributed by atoms with Gasteiger partial charge >= 0.3 is 0 Å². The smallest absolute Gasteiger partial charge is 0.167 e. The van der Waals surface area contributed by atoms with Gasteiger partial charge in [-0.1, -0.05) is 46.2 Å². The van der Waals surface area contributed by atoms with E-state index in [1.54, 1.807) is 0 Å². The molecule has 0 aliphatic rings. The van der Waals surface area contributed by atoms with Crippen LogP contribution in [0, 0.1) is 0 Å². The van der Waals surface area contributed by atoms with Crippen LogP contribution in [0.25, 0.3) is 0 Å². The second-order valence-electron chi connectivity index (χ2n) is 4.42. The molecule has 1 rings (SSSR count). The molecule has 0 aromatic heterocycles. The Morgan fingerprint density at radius 2 is 1.65 bits per heavy atom. The Balaban J connectivity index is 0.000000770. The van der Waals surface area contributed by atoms with Gasteiger partial charge in [0.1, 0.15) is 12.4 Å². The lowest BCUT2D eigenvalue weighted by molar-refractivity contribution is -0.118. The summed E-state index contributed by atoms with van der Waals surface area (Å²) in [5, 5.41) is 0. The fraction of sp³-hybridized carbons (Fsp3) is 0.533. The molecular formula is C15H24O2. The van der Waals surface area contributed by atoms with Crippen molar-refractivity contribution in [2.45, 2.75) is 47.0 Å². The molecule has 0 fully saturated rings. The van der Waals surface area contributed by atoms with Gasteiger partial charge in [-0.2, -0.15) is 0 Å². The average Bonchev–Trinajstić information content (AvgIpc) is 2.28. The molecule has 0 amide bonds. The molecule has 0 bridgehead atoms. The molecule has 0 saturated heterocycles. The van der Waals surface area contributed by atoms with Crippen LogP contribution in [0.1, 0.15) is 52.5 Å². The zero-order chi connectivity index (χ0) is 13.3. The Bertz CT molecular complexity index is 312. The van der Waals surface area contributed by atoms with Gasteiger partial charge in [0, 0.05) is 0 Å². The van der Waals surface area contributed by atoms with E-state index in [2.05, 4.69) is 27.7 Å². The summed E-state index contributed by atoms with van der Waals surface area (Å²) in [6.07, 6.45) is 1.25. The van der Waals surface area contributed by atoms with Crippen LogP contribution in [0.3, 0.4) is 0 Å². The number of rotatable bonds is 4. The second kappa shape index (κ2) is 8.80. The molecule has 2 nitrogen and oxygen atoms in total. The third kappa shape index (κ3) is 7.56. The molecule has 0 atom stereocenters. The molecule has 96 valence electrons. The minimum absolute atomic E-state index is 0.0398. The van der Waals surface area contributed by atoms with E-state index in [0.29, 0.717) is 5.92 Å². The number of Topliss-reactive ketones (excluding diaryl/α,β-unsaturated/α-hetero) is 1. The van der Waals surface area contributed by atoms with Crippen molar-refractivity contribution < 1.29 is 9.53 Å². The topological polar surface area (TPSA) is 26.3 Å². The van der Waals surface area contributed by atoms with E-state index in [1.807, 2.05) is 24.3 Å². The van der Waals surface area contributed by atoms with Crippen molar-refractivity contribution in [3.05, 3.63) is 29.8 Å². The Labute approximate surface area is 105 Å². The maximum Gasteiger partial charge on any atom is 0.167 e. The highest BCUT2D eigenvalue weighted by molar-refractivity contribution is 5.77. The van der Waals surface area contributed by atoms with Crippen LogP contribution in [0.15, 0.2) is 24.3 Å². The maximum atomic E-state index is 10.7. The van der Waals surface area contributed by atoms with E-state index in [4.69, 9.17) is 4.74 Å². The molecule has 0 saturated carbocycles. The third-order valence-corrected chi connectivity index (χ3v) is 1.99. The molecule has 17 heavy (non-hydrogen) atoms. The van der Waals surface area contributed by atoms with E-state index >= 15 is 0 Å². The minimum Gasteiger partial charge on any atom is -0.486 e. The van der Waals surface area contributed by atoms with Gasteiger partial charge in [-0.15, -0.1) is 0 Å². The van der Waals surface area contributed by atoms with Crippen LogP contribution in [0.5, 0.6) is 5.75 Å². The molecule has 0 radical (unpaired) electrons. The number of hydrogen-bond acceptors (Lipinski definition) is 2. The number of carbonyl (C=O) groups excluding carboxylic acids is 1. The SMILES string of the molecule is CC(=O)COc1ccc(C(C)C)cc1.CCC. The summed E-state index contributed by atoms with van der Waals surface area (Å²) < 4.78 is 5.25. The standard InChI is InChI=1S/C12H16O2.C3H8/c1-9(2)11-4-6-12(7-5-11)14-8-10(3)13;1-3-2/h4-7,9H,8H2,1-3H3;3H2,1-2H3. The number of ether oxygens (including phenoxy) is 1. The maximum absolute atomic E-state index is 10.7. The van der Waals surface area contributed by atoms with Crippen molar-refractivity contribution in [3.63, 3.8) is 0 Å². The van der Waals surface area contributed by atoms with Crippen LogP contribution in [-0.4, -0.2) is 12.4 Å². The van der Waals surface area contributed by atoms with Crippen LogP contribution in [-0.2, 0) is 4.79 Å². The highest BCUT2D eigenvalue weighted by atomic mass is 16.5. The largest absolute Gasteiger partial charge is 0.486 e. The molecule has 0 heterocycles. The number of benzene rings is 1. The highest BCUT2D eigenvalue weighted by Gasteiger charge is 2.00. The first kappa shape index (κ1) is 15.7. The summed E-state index contributed by atoms with van der Waals surface area (Å²) in [6, 6.07) is 7.86. The van der Waals surface area contributed by atoms with Gasteiger partial charge in [0.15, 0.2) is 5.78 Å². The first-order chi connectivity index (χ1) is 8.01. The van der Waals surface area contributed by atoms with E-state index in [1.165, 1.54) is 18.9 Å². The Hall–Kier alpha value is -1.31. The summed E-state index contributed by atoms with van der Waals surface area (Å²) in [6.45, 7) is 10.2. The lowest BCUT2D eigenvalue weighted by atomic mass is 10.0. The number of hydrogen-bond donors (Lipinski definition) is 0. The van der Waals surface area contributed by atoms with E-state index in [9.17, 15) is 4.79 Å². The molecule has 1 aromatic carbocycles. The summed E-state index contributed by atoms with van der Waals surface area (Å²) in [5.74, 6) is 1.32. The van der Waals surface area contributed by atoms with Crippen LogP contribution in [0.4, 0.5) is 0 Å². The van der Waals surface area contributed by atoms with Crippen LogP contribution >= 0.6 is 0 Å². The molecule has 0 unspecified atom stereocenters. The van der Waals surface area contributed by atoms with E-state index < -0.39 is 0 Å². The van der Waals surface area contributed by atoms with Gasteiger partial charge in [-0.05, 0) is 30.5 Å². The third-order valence-electron chi connectivity index (χ3n) is 1.99. The Kier molecular flexibility index (Phi) is 8.12. The van der Waals surface area contributed by atoms with Crippen LogP contribution < -0.4 is 4.74 Å². The van der Waals surface area contributed by atoms with Gasteiger partial charge in [-0.3, -0.25) is 4.79 Å². The molecule has 0 spiro atoms. The lowest BCUT2D eigenvalue weighted by Gasteiger charge is -2.07. The Morgan fingerprint density at radius 1 is 1.18 bits per heavy atom. The molecule has 0 aliphatic heterocycles. The van der Waals surface area contributed by atoms with Gasteiger partial charge in [0.25, 0.3) is 0 Å². The van der Waals surface area contributed by atoms with E-state index in [0.717, 1.165) is 5.75 Å². The summed E-state index contributed by atoms with van der Waals surface area (Å²) in [4.78, 5) is 10.7. The van der Waals surface area contributed by atoms with Gasteiger partial charge < -0.3 is 4.74 Å². The number of ketones is 1. The lowest BCUT2D eigenvalue weighted by Crippen LogP contribution is -2.06. The summed E-state index contributed by atoms with van der Waals surface area (Å²) in [7, 11) is 0. The highest BCUT2D eigenvalue weighted by Crippen LogP contribution is 2.18. The van der Waals surface area contributed by atoms with Crippen molar-refractivity contribution in [3.8, 4) is 5.75 Å². The monoisotopic (exact) mass is 236 g/mol.